The third-order valence-electron chi connectivity index (χ3n) is 3.31. The van der Waals surface area contributed by atoms with Crippen LogP contribution < -0.4 is 10.1 Å². The second-order valence-electron chi connectivity index (χ2n) is 4.72. The SMILES string of the molecule is CCn1cncc1CNC(C)c1cccc(OC(F)F)c1. The van der Waals surface area contributed by atoms with Crippen LogP contribution in [0.15, 0.2) is 36.8 Å². The third kappa shape index (κ3) is 4.26. The number of rotatable bonds is 7. The van der Waals surface area contributed by atoms with Gasteiger partial charge in [0.2, 0.25) is 0 Å². The molecule has 0 fully saturated rings. The average Bonchev–Trinajstić information content (AvgIpc) is 2.91. The van der Waals surface area contributed by atoms with Crippen LogP contribution in [0.3, 0.4) is 0 Å². The van der Waals surface area contributed by atoms with Crippen LogP contribution in [-0.4, -0.2) is 16.2 Å². The van der Waals surface area contributed by atoms with Crippen LogP contribution in [0, 0.1) is 0 Å². The van der Waals surface area contributed by atoms with E-state index in [1.165, 1.54) is 6.07 Å². The van der Waals surface area contributed by atoms with E-state index in [9.17, 15) is 8.78 Å². The molecule has 114 valence electrons. The molecule has 1 N–H and O–H groups in total. The van der Waals surface area contributed by atoms with Gasteiger partial charge < -0.3 is 14.6 Å². The summed E-state index contributed by atoms with van der Waals surface area (Å²) in [5.74, 6) is 0.176. The molecule has 0 amide bonds. The van der Waals surface area contributed by atoms with Crippen LogP contribution in [0.25, 0.3) is 0 Å². The molecule has 2 rings (SSSR count). The van der Waals surface area contributed by atoms with Crippen molar-refractivity contribution in [3.05, 3.63) is 48.0 Å². The average molecular weight is 295 g/mol. The fourth-order valence-corrected chi connectivity index (χ4v) is 2.12. The summed E-state index contributed by atoms with van der Waals surface area (Å²) >= 11 is 0. The molecule has 1 unspecified atom stereocenters. The molecule has 21 heavy (non-hydrogen) atoms. The molecule has 0 saturated heterocycles. The topological polar surface area (TPSA) is 39.1 Å². The molecule has 0 saturated carbocycles. The number of nitrogens with zero attached hydrogens (tertiary/aromatic N) is 2. The van der Waals surface area contributed by atoms with E-state index in [1.54, 1.807) is 18.5 Å². The Bertz CT molecular complexity index is 572. The lowest BCUT2D eigenvalue weighted by Crippen LogP contribution is -2.20. The molecule has 2 aromatic rings. The monoisotopic (exact) mass is 295 g/mol. The number of ether oxygens (including phenoxy) is 1. The van der Waals surface area contributed by atoms with Crippen LogP contribution in [0.5, 0.6) is 5.75 Å². The fraction of sp³-hybridized carbons (Fsp3) is 0.400. The molecule has 0 bridgehead atoms. The van der Waals surface area contributed by atoms with Crippen LogP contribution in [0.1, 0.15) is 31.1 Å². The van der Waals surface area contributed by atoms with Gasteiger partial charge in [0.15, 0.2) is 0 Å². The van der Waals surface area contributed by atoms with E-state index in [4.69, 9.17) is 0 Å². The molecule has 4 nitrogen and oxygen atoms in total. The van der Waals surface area contributed by atoms with Crippen molar-refractivity contribution in [2.45, 2.75) is 39.6 Å². The number of aromatic nitrogens is 2. The first kappa shape index (κ1) is 15.4. The smallest absolute Gasteiger partial charge is 0.387 e. The molecule has 1 aromatic heterocycles. The van der Waals surface area contributed by atoms with Gasteiger partial charge in [-0.1, -0.05) is 12.1 Å². The Morgan fingerprint density at radius 2 is 2.19 bits per heavy atom. The van der Waals surface area contributed by atoms with Gasteiger partial charge in [-0.3, -0.25) is 0 Å². The van der Waals surface area contributed by atoms with Crippen molar-refractivity contribution in [1.29, 1.82) is 0 Å². The number of alkyl halides is 2. The lowest BCUT2D eigenvalue weighted by atomic mass is 10.1. The Morgan fingerprint density at radius 3 is 2.90 bits per heavy atom. The maximum absolute atomic E-state index is 12.2. The molecule has 0 aliphatic rings. The van der Waals surface area contributed by atoms with Gasteiger partial charge in [-0.05, 0) is 31.5 Å². The van der Waals surface area contributed by atoms with Gasteiger partial charge in [0.25, 0.3) is 0 Å². The summed E-state index contributed by atoms with van der Waals surface area (Å²) in [5.41, 5.74) is 1.99. The summed E-state index contributed by atoms with van der Waals surface area (Å²) in [4.78, 5) is 4.11. The van der Waals surface area contributed by atoms with Crippen molar-refractivity contribution >= 4 is 0 Å². The highest BCUT2D eigenvalue weighted by Gasteiger charge is 2.10. The predicted molar refractivity (Wildman–Crippen MR) is 76.2 cm³/mol. The summed E-state index contributed by atoms with van der Waals surface area (Å²) in [7, 11) is 0. The van der Waals surface area contributed by atoms with E-state index in [0.29, 0.717) is 6.54 Å². The molecule has 1 atom stereocenters. The standard InChI is InChI=1S/C15H19F2N3O/c1-3-20-10-18-8-13(20)9-19-11(2)12-5-4-6-14(7-12)21-15(16)17/h4-8,10-11,15,19H,3,9H2,1-2H3. The third-order valence-corrected chi connectivity index (χ3v) is 3.31. The molecular formula is C15H19F2N3O. The van der Waals surface area contributed by atoms with Crippen molar-refractivity contribution in [1.82, 2.24) is 14.9 Å². The number of hydrogen-bond donors (Lipinski definition) is 1. The Balaban J connectivity index is 1.98. The van der Waals surface area contributed by atoms with Gasteiger partial charge in [-0.2, -0.15) is 8.78 Å². The van der Waals surface area contributed by atoms with Gasteiger partial charge in [-0.25, -0.2) is 4.98 Å². The second-order valence-corrected chi connectivity index (χ2v) is 4.72. The zero-order valence-corrected chi connectivity index (χ0v) is 12.1. The predicted octanol–water partition coefficient (Wildman–Crippen LogP) is 3.36. The zero-order valence-electron chi connectivity index (χ0n) is 12.1. The number of hydrogen-bond acceptors (Lipinski definition) is 3. The Morgan fingerprint density at radius 1 is 1.38 bits per heavy atom. The van der Waals surface area contributed by atoms with Crippen LogP contribution in [0.2, 0.25) is 0 Å². The summed E-state index contributed by atoms with van der Waals surface area (Å²) in [6.07, 6.45) is 3.61. The number of aryl methyl sites for hydroxylation is 1. The second kappa shape index (κ2) is 7.17. The molecule has 0 spiro atoms. The van der Waals surface area contributed by atoms with Crippen molar-refractivity contribution in [3.63, 3.8) is 0 Å². The Hall–Kier alpha value is -1.95. The van der Waals surface area contributed by atoms with E-state index in [2.05, 4.69) is 26.5 Å². The lowest BCUT2D eigenvalue weighted by molar-refractivity contribution is -0.0499. The largest absolute Gasteiger partial charge is 0.435 e. The van der Waals surface area contributed by atoms with E-state index in [-0.39, 0.29) is 11.8 Å². The minimum Gasteiger partial charge on any atom is -0.435 e. The zero-order chi connectivity index (χ0) is 15.2. The first-order valence-electron chi connectivity index (χ1n) is 6.87. The maximum atomic E-state index is 12.2. The molecule has 0 aliphatic heterocycles. The van der Waals surface area contributed by atoms with Gasteiger partial charge in [0, 0.05) is 25.3 Å². The molecule has 0 radical (unpaired) electrons. The number of halogens is 2. The minimum absolute atomic E-state index is 0.0198. The molecule has 1 heterocycles. The highest BCUT2D eigenvalue weighted by atomic mass is 19.3. The van der Waals surface area contributed by atoms with Gasteiger partial charge in [0.1, 0.15) is 5.75 Å². The molecule has 1 aromatic carbocycles. The first-order valence-corrected chi connectivity index (χ1v) is 6.87. The highest BCUT2D eigenvalue weighted by molar-refractivity contribution is 5.30. The highest BCUT2D eigenvalue weighted by Crippen LogP contribution is 2.21. The van der Waals surface area contributed by atoms with Crippen LogP contribution in [-0.2, 0) is 13.1 Å². The maximum Gasteiger partial charge on any atom is 0.387 e. The number of benzene rings is 1. The van der Waals surface area contributed by atoms with E-state index in [0.717, 1.165) is 17.8 Å². The van der Waals surface area contributed by atoms with Crippen LogP contribution >= 0.6 is 0 Å². The summed E-state index contributed by atoms with van der Waals surface area (Å²) < 4.78 is 30.9. The number of nitrogens with one attached hydrogen (secondary N) is 1. The van der Waals surface area contributed by atoms with Gasteiger partial charge in [0.05, 0.1) is 12.0 Å². The van der Waals surface area contributed by atoms with Crippen LogP contribution in [0.4, 0.5) is 8.78 Å². The van der Waals surface area contributed by atoms with Gasteiger partial charge in [-0.15, -0.1) is 0 Å². The van der Waals surface area contributed by atoms with Crippen molar-refractivity contribution < 1.29 is 13.5 Å². The fourth-order valence-electron chi connectivity index (χ4n) is 2.12. The first-order chi connectivity index (χ1) is 10.1. The summed E-state index contributed by atoms with van der Waals surface area (Å²) in [6, 6.07) is 6.76. The normalized spacial score (nSPS) is 12.6. The van der Waals surface area contributed by atoms with E-state index in [1.807, 2.05) is 19.2 Å². The van der Waals surface area contributed by atoms with Crippen molar-refractivity contribution in [2.24, 2.45) is 0 Å². The summed E-state index contributed by atoms with van der Waals surface area (Å²) in [5, 5.41) is 3.35. The summed E-state index contributed by atoms with van der Waals surface area (Å²) in [6.45, 7) is 2.76. The Labute approximate surface area is 122 Å². The molecule has 6 heteroatoms. The van der Waals surface area contributed by atoms with E-state index < -0.39 is 6.61 Å². The Kier molecular flexibility index (Phi) is 5.27. The minimum atomic E-state index is -2.80. The molecular weight excluding hydrogens is 276 g/mol. The number of imidazole rings is 1. The van der Waals surface area contributed by atoms with Crippen molar-refractivity contribution in [3.8, 4) is 5.75 Å². The molecule has 0 aliphatic carbocycles. The quantitative estimate of drug-likeness (QED) is 0.851. The van der Waals surface area contributed by atoms with E-state index >= 15 is 0 Å². The van der Waals surface area contributed by atoms with Gasteiger partial charge >= 0.3 is 6.61 Å². The van der Waals surface area contributed by atoms with Crippen molar-refractivity contribution in [2.75, 3.05) is 0 Å². The lowest BCUT2D eigenvalue weighted by Gasteiger charge is -2.16.